The lowest BCUT2D eigenvalue weighted by molar-refractivity contribution is 0.0995. The average molecular weight is 198 g/mol. The molecule has 3 nitrogen and oxygen atoms in total. The minimum Gasteiger partial charge on any atom is -0.292 e. The molecule has 0 aliphatic rings. The molecule has 0 spiro atoms. The minimum atomic E-state index is -0.296. The molecule has 2 aromatic rings. The van der Waals surface area contributed by atoms with Gasteiger partial charge >= 0.3 is 0 Å². The molecule has 0 N–H and O–H groups in total. The van der Waals surface area contributed by atoms with Crippen LogP contribution in [0.15, 0.2) is 36.4 Å². The maximum atomic E-state index is 11.4. The van der Waals surface area contributed by atoms with Crippen molar-refractivity contribution in [3.63, 3.8) is 0 Å². The zero-order chi connectivity index (χ0) is 10.7. The highest BCUT2D eigenvalue weighted by molar-refractivity contribution is 6.02. The van der Waals surface area contributed by atoms with Crippen molar-refractivity contribution < 1.29 is 9.59 Å². The highest BCUT2D eigenvalue weighted by Crippen LogP contribution is 2.12. The Kier molecular flexibility index (Phi) is 2.54. The molecule has 0 fully saturated rings. The molecule has 15 heavy (non-hydrogen) atoms. The molecular formula is C12H8NO2. The molecule has 0 aliphatic carbocycles. The van der Waals surface area contributed by atoms with Crippen molar-refractivity contribution in [2.24, 2.45) is 0 Å². The van der Waals surface area contributed by atoms with Crippen LogP contribution in [-0.2, 0) is 4.79 Å². The van der Waals surface area contributed by atoms with E-state index < -0.39 is 0 Å². The fraction of sp³-hybridized carbons (Fsp3) is 0.0833. The van der Waals surface area contributed by atoms with Crippen molar-refractivity contribution in [3.8, 4) is 0 Å². The van der Waals surface area contributed by atoms with Gasteiger partial charge in [-0.05, 0) is 12.1 Å². The number of ketones is 1. The van der Waals surface area contributed by atoms with E-state index in [9.17, 15) is 9.59 Å². The van der Waals surface area contributed by atoms with Gasteiger partial charge in [-0.2, -0.15) is 0 Å². The monoisotopic (exact) mass is 198 g/mol. The smallest absolute Gasteiger partial charge is 0.206 e. The Labute approximate surface area is 86.8 Å². The Hall–Kier alpha value is -2.03. The summed E-state index contributed by atoms with van der Waals surface area (Å²) in [5, 5.41) is 0.976. The lowest BCUT2D eigenvalue weighted by Gasteiger charge is -1.99. The summed E-state index contributed by atoms with van der Waals surface area (Å²) in [6, 6.07) is 11.0. The van der Waals surface area contributed by atoms with E-state index in [-0.39, 0.29) is 12.2 Å². The second kappa shape index (κ2) is 4.00. The van der Waals surface area contributed by atoms with Gasteiger partial charge in [0.2, 0.25) is 6.29 Å². The molecule has 73 valence electrons. The fourth-order valence-electron chi connectivity index (χ4n) is 1.38. The van der Waals surface area contributed by atoms with Gasteiger partial charge in [-0.15, -0.1) is 0 Å². The van der Waals surface area contributed by atoms with E-state index in [0.29, 0.717) is 5.69 Å². The molecule has 0 saturated heterocycles. The zero-order valence-corrected chi connectivity index (χ0v) is 7.93. The van der Waals surface area contributed by atoms with Crippen molar-refractivity contribution in [1.82, 2.24) is 4.98 Å². The third-order valence-corrected chi connectivity index (χ3v) is 2.12. The molecule has 0 atom stereocenters. The summed E-state index contributed by atoms with van der Waals surface area (Å²) in [6.07, 6.45) is 1.34. The SMILES string of the molecule is O=[C]CC(=O)c1ccc2ccccc2n1. The van der Waals surface area contributed by atoms with Gasteiger partial charge in [0.1, 0.15) is 5.69 Å². The zero-order valence-electron chi connectivity index (χ0n) is 7.93. The quantitative estimate of drug-likeness (QED) is 0.559. The van der Waals surface area contributed by atoms with Gasteiger partial charge in [0.15, 0.2) is 5.78 Å². The number of carbonyl (C=O) groups excluding carboxylic acids is 2. The lowest BCUT2D eigenvalue weighted by atomic mass is 10.1. The number of hydrogen-bond donors (Lipinski definition) is 0. The standard InChI is InChI=1S/C12H8NO2/c14-8-7-12(15)11-6-5-9-3-1-2-4-10(9)13-11/h1-6H,7H2. The third kappa shape index (κ3) is 1.91. The Balaban J connectivity index is 2.46. The first kappa shape index (κ1) is 9.52. The Bertz CT molecular complexity index is 520. The fourth-order valence-corrected chi connectivity index (χ4v) is 1.38. The molecular weight excluding hydrogens is 190 g/mol. The topological polar surface area (TPSA) is 47.0 Å². The van der Waals surface area contributed by atoms with Gasteiger partial charge in [0.05, 0.1) is 11.9 Å². The Morgan fingerprint density at radius 1 is 1.20 bits per heavy atom. The van der Waals surface area contributed by atoms with Gasteiger partial charge in [0, 0.05) is 5.39 Å². The van der Waals surface area contributed by atoms with Crippen LogP contribution in [0.5, 0.6) is 0 Å². The number of rotatable bonds is 3. The first-order valence-electron chi connectivity index (χ1n) is 4.55. The number of carbonyl (C=O) groups is 1. The van der Waals surface area contributed by atoms with Crippen LogP contribution in [0.25, 0.3) is 10.9 Å². The number of nitrogens with zero attached hydrogens (tertiary/aromatic N) is 1. The predicted molar refractivity (Wildman–Crippen MR) is 56.4 cm³/mol. The number of pyridine rings is 1. The summed E-state index contributed by atoms with van der Waals surface area (Å²) < 4.78 is 0. The maximum absolute atomic E-state index is 11.4. The number of Topliss-reactive ketones (excluding diaryl/α,β-unsaturated/α-hetero) is 1. The van der Waals surface area contributed by atoms with Crippen molar-refractivity contribution in [3.05, 3.63) is 42.1 Å². The van der Waals surface area contributed by atoms with Crippen molar-refractivity contribution in [2.75, 3.05) is 0 Å². The highest BCUT2D eigenvalue weighted by Gasteiger charge is 2.07. The first-order chi connectivity index (χ1) is 7.31. The lowest BCUT2D eigenvalue weighted by Crippen LogP contribution is -2.02. The molecule has 1 heterocycles. The van der Waals surface area contributed by atoms with Crippen LogP contribution >= 0.6 is 0 Å². The third-order valence-electron chi connectivity index (χ3n) is 2.12. The molecule has 0 aliphatic heterocycles. The van der Waals surface area contributed by atoms with E-state index >= 15 is 0 Å². The van der Waals surface area contributed by atoms with Gasteiger partial charge < -0.3 is 0 Å². The van der Waals surface area contributed by atoms with Crippen LogP contribution in [-0.4, -0.2) is 17.1 Å². The first-order valence-corrected chi connectivity index (χ1v) is 4.55. The summed E-state index contributed by atoms with van der Waals surface area (Å²) in [6.45, 7) is 0. The van der Waals surface area contributed by atoms with E-state index in [1.807, 2.05) is 30.3 Å². The van der Waals surface area contributed by atoms with Gasteiger partial charge in [-0.25, -0.2) is 4.98 Å². The molecule has 0 amide bonds. The van der Waals surface area contributed by atoms with E-state index in [4.69, 9.17) is 0 Å². The second-order valence-electron chi connectivity index (χ2n) is 3.13. The van der Waals surface area contributed by atoms with Crippen LogP contribution in [0, 0.1) is 0 Å². The van der Waals surface area contributed by atoms with E-state index in [2.05, 4.69) is 4.98 Å². The van der Waals surface area contributed by atoms with Crippen LogP contribution in [0.3, 0.4) is 0 Å². The molecule has 2 rings (SSSR count). The maximum Gasteiger partial charge on any atom is 0.206 e. The molecule has 0 bridgehead atoms. The molecule has 1 aromatic carbocycles. The summed E-state index contributed by atoms with van der Waals surface area (Å²) in [5.74, 6) is -0.296. The predicted octanol–water partition coefficient (Wildman–Crippen LogP) is 1.92. The molecule has 0 saturated carbocycles. The van der Waals surface area contributed by atoms with Crippen molar-refractivity contribution >= 4 is 23.0 Å². The van der Waals surface area contributed by atoms with Crippen LogP contribution in [0.2, 0.25) is 0 Å². The van der Waals surface area contributed by atoms with Gasteiger partial charge in [-0.3, -0.25) is 9.59 Å². The Morgan fingerprint density at radius 3 is 2.80 bits per heavy atom. The Morgan fingerprint density at radius 2 is 2.00 bits per heavy atom. The van der Waals surface area contributed by atoms with E-state index in [0.717, 1.165) is 10.9 Å². The molecule has 0 unspecified atom stereocenters. The van der Waals surface area contributed by atoms with Gasteiger partial charge in [-0.1, -0.05) is 24.3 Å². The summed E-state index contributed by atoms with van der Waals surface area (Å²) >= 11 is 0. The normalized spacial score (nSPS) is 10.1. The number of aromatic nitrogens is 1. The second-order valence-corrected chi connectivity index (χ2v) is 3.13. The summed E-state index contributed by atoms with van der Waals surface area (Å²) in [4.78, 5) is 25.6. The van der Waals surface area contributed by atoms with Crippen molar-refractivity contribution in [1.29, 1.82) is 0 Å². The largest absolute Gasteiger partial charge is 0.292 e. The average Bonchev–Trinajstić information content (AvgIpc) is 2.29. The summed E-state index contributed by atoms with van der Waals surface area (Å²) in [7, 11) is 0. The van der Waals surface area contributed by atoms with Crippen LogP contribution in [0.1, 0.15) is 16.9 Å². The minimum absolute atomic E-state index is 0.231. The molecule has 1 aromatic heterocycles. The molecule has 1 radical (unpaired) electrons. The highest BCUT2D eigenvalue weighted by atomic mass is 16.1. The number of hydrogen-bond acceptors (Lipinski definition) is 3. The summed E-state index contributed by atoms with van der Waals surface area (Å²) in [5.41, 5.74) is 1.08. The van der Waals surface area contributed by atoms with Gasteiger partial charge in [0.25, 0.3) is 0 Å². The van der Waals surface area contributed by atoms with Crippen LogP contribution < -0.4 is 0 Å². The molecule has 3 heteroatoms. The number of fused-ring (bicyclic) bond motifs is 1. The van der Waals surface area contributed by atoms with Crippen LogP contribution in [0.4, 0.5) is 0 Å². The van der Waals surface area contributed by atoms with E-state index in [1.165, 1.54) is 0 Å². The number of benzene rings is 1. The van der Waals surface area contributed by atoms with Crippen molar-refractivity contribution in [2.45, 2.75) is 6.42 Å². The van der Waals surface area contributed by atoms with E-state index in [1.54, 1.807) is 12.4 Å². The number of para-hydroxylation sites is 1.